The monoisotopic (exact) mass is 437 g/mol. The molecule has 0 atom stereocenters. The van der Waals surface area contributed by atoms with Crippen molar-refractivity contribution in [1.82, 2.24) is 0 Å². The number of nitro groups is 3. The van der Waals surface area contributed by atoms with Gasteiger partial charge in [-0.15, -0.1) is 0 Å². The third-order valence-electron chi connectivity index (χ3n) is 1.66. The van der Waals surface area contributed by atoms with Gasteiger partial charge in [0.2, 0.25) is 0 Å². The average molecular weight is 436 g/mol. The molecule has 0 aliphatic heterocycles. The molecule has 0 radical (unpaired) electrons. The van der Waals surface area contributed by atoms with Gasteiger partial charge in [-0.1, -0.05) is 0 Å². The number of aromatic hydroxyl groups is 1. The van der Waals surface area contributed by atoms with Crippen LogP contribution in [0.3, 0.4) is 0 Å². The van der Waals surface area contributed by atoms with Crippen molar-refractivity contribution in [3.05, 3.63) is 42.5 Å². The third-order valence-corrected chi connectivity index (χ3v) is 1.66. The van der Waals surface area contributed by atoms with Gasteiger partial charge in [0.15, 0.2) is 0 Å². The Morgan fingerprint density at radius 1 is 0.882 bits per heavy atom. The van der Waals surface area contributed by atoms with Crippen LogP contribution in [0.15, 0.2) is 12.1 Å². The van der Waals surface area contributed by atoms with E-state index in [1.165, 1.54) is 0 Å². The molecule has 0 aliphatic rings. The summed E-state index contributed by atoms with van der Waals surface area (Å²) in [5.41, 5.74) is -3.00. The van der Waals surface area contributed by atoms with E-state index in [4.69, 9.17) is 5.11 Å². The van der Waals surface area contributed by atoms with Gasteiger partial charge in [0.25, 0.3) is 11.4 Å². The summed E-state index contributed by atoms with van der Waals surface area (Å²) in [6.45, 7) is 0. The maximum atomic E-state index is 10.4. The number of benzene rings is 1. The second kappa shape index (κ2) is 5.46. The minimum absolute atomic E-state index is 0. The molecule has 1 aromatic rings. The molecule has 1 aromatic carbocycles. The van der Waals surface area contributed by atoms with Crippen molar-refractivity contribution < 1.29 is 19.9 Å². The first-order valence-electron chi connectivity index (χ1n) is 3.64. The van der Waals surface area contributed by atoms with Gasteiger partial charge in [-0.05, 0) is 0 Å². The minimum atomic E-state index is -1.21. The molecule has 0 aromatic heterocycles. The molecule has 1 rings (SSSR count). The fourth-order valence-electron chi connectivity index (χ4n) is 0.974. The molecule has 0 saturated carbocycles. The van der Waals surface area contributed by atoms with Crippen LogP contribution < -0.4 is 0 Å². The van der Waals surface area contributed by atoms with Crippen LogP contribution in [0.2, 0.25) is 0 Å². The third kappa shape index (κ3) is 3.05. The SMILES string of the molecule is O=[N+]([O-])c1cc([N+](=O)[O-])c(O)c([N+](=O)[O-])c1.[Pb+4]. The summed E-state index contributed by atoms with van der Waals surface area (Å²) in [6.07, 6.45) is 0. The van der Waals surface area contributed by atoms with Crippen LogP contribution >= 0.6 is 0 Å². The van der Waals surface area contributed by atoms with Crippen LogP contribution in [0, 0.1) is 30.3 Å². The van der Waals surface area contributed by atoms with E-state index in [-0.39, 0.29) is 27.3 Å². The molecule has 0 amide bonds. The van der Waals surface area contributed by atoms with Crippen LogP contribution in [0.1, 0.15) is 0 Å². The number of nitrogens with zero attached hydrogens (tertiary/aromatic N) is 3. The van der Waals surface area contributed by atoms with Crippen molar-refractivity contribution in [3.63, 3.8) is 0 Å². The topological polar surface area (TPSA) is 150 Å². The van der Waals surface area contributed by atoms with E-state index in [9.17, 15) is 30.3 Å². The van der Waals surface area contributed by atoms with Gasteiger partial charge in [0.05, 0.1) is 26.9 Å². The summed E-state index contributed by atoms with van der Waals surface area (Å²) in [7, 11) is 0. The molecule has 11 heteroatoms. The van der Waals surface area contributed by atoms with Gasteiger partial charge >= 0.3 is 38.7 Å². The smallest absolute Gasteiger partial charge is 0.497 e. The predicted molar refractivity (Wildman–Crippen MR) is 53.8 cm³/mol. The summed E-state index contributed by atoms with van der Waals surface area (Å²) < 4.78 is 0. The molecule has 0 saturated heterocycles. The van der Waals surface area contributed by atoms with Gasteiger partial charge in [0.1, 0.15) is 0 Å². The number of phenolic OH excluding ortho intramolecular Hbond substituents is 1. The van der Waals surface area contributed by atoms with Crippen LogP contribution in [-0.2, 0) is 0 Å². The zero-order valence-electron chi connectivity index (χ0n) is 7.89. The van der Waals surface area contributed by atoms with E-state index in [1.807, 2.05) is 0 Å². The zero-order chi connectivity index (χ0) is 12.5. The first-order chi connectivity index (χ1) is 7.34. The zero-order valence-corrected chi connectivity index (χ0v) is 11.8. The number of nitro benzene ring substituents is 3. The Bertz CT molecular complexity index is 467. The van der Waals surface area contributed by atoms with Gasteiger partial charge in [-0.25, -0.2) is 0 Å². The van der Waals surface area contributed by atoms with Crippen molar-refractivity contribution in [3.8, 4) is 5.75 Å². The minimum Gasteiger partial charge on any atom is -0.497 e. The summed E-state index contributed by atoms with van der Waals surface area (Å²) in [4.78, 5) is 27.8. The standard InChI is InChI=1S/C6H3N3O7.Pb/c10-6-4(8(13)14)1-3(7(11)12)2-5(6)9(15)16;/h1-2,10H;/q;+4. The van der Waals surface area contributed by atoms with Crippen molar-refractivity contribution in [2.24, 2.45) is 0 Å². The summed E-state index contributed by atoms with van der Waals surface area (Å²) in [6, 6.07) is 0.894. The fraction of sp³-hybridized carbons (Fsp3) is 0. The Kier molecular flexibility index (Phi) is 4.87. The molecular formula is C6H3N3O7Pb+4. The Balaban J connectivity index is 0.00000256. The molecule has 1 N–H and O–H groups in total. The van der Waals surface area contributed by atoms with Crippen LogP contribution in [0.25, 0.3) is 0 Å². The van der Waals surface area contributed by atoms with E-state index >= 15 is 0 Å². The van der Waals surface area contributed by atoms with Crippen LogP contribution in [0.5, 0.6) is 5.75 Å². The van der Waals surface area contributed by atoms with Crippen molar-refractivity contribution in [2.75, 3.05) is 0 Å². The molecule has 10 nitrogen and oxygen atoms in total. The number of hydrogen-bond acceptors (Lipinski definition) is 7. The van der Waals surface area contributed by atoms with Crippen LogP contribution in [-0.4, -0.2) is 47.2 Å². The van der Waals surface area contributed by atoms with E-state index in [0.717, 1.165) is 0 Å². The van der Waals surface area contributed by atoms with Crippen LogP contribution in [0.4, 0.5) is 17.1 Å². The molecule has 0 aliphatic carbocycles. The maximum absolute atomic E-state index is 10.4. The van der Waals surface area contributed by atoms with Gasteiger partial charge < -0.3 is 5.11 Å². The molecular weight excluding hydrogens is 433 g/mol. The normalized spacial score (nSPS) is 9.18. The van der Waals surface area contributed by atoms with Gasteiger partial charge in [-0.2, -0.15) is 0 Å². The maximum Gasteiger partial charge on any atom is 4.00 e. The Morgan fingerprint density at radius 3 is 1.47 bits per heavy atom. The summed E-state index contributed by atoms with van der Waals surface area (Å²) in [5, 5.41) is 40.2. The van der Waals surface area contributed by atoms with E-state index in [2.05, 4.69) is 0 Å². The van der Waals surface area contributed by atoms with Crippen molar-refractivity contribution in [1.29, 1.82) is 0 Å². The van der Waals surface area contributed by atoms with Crippen molar-refractivity contribution >= 4 is 44.4 Å². The molecule has 0 heterocycles. The van der Waals surface area contributed by atoms with Gasteiger partial charge in [0, 0.05) is 0 Å². The largest absolute Gasteiger partial charge is 4.00 e. The molecule has 84 valence electrons. The predicted octanol–water partition coefficient (Wildman–Crippen LogP) is 0.736. The van der Waals surface area contributed by atoms with Crippen molar-refractivity contribution in [2.45, 2.75) is 0 Å². The molecule has 17 heavy (non-hydrogen) atoms. The first kappa shape index (κ1) is 15.1. The first-order valence-corrected chi connectivity index (χ1v) is 3.64. The van der Waals surface area contributed by atoms with E-state index in [0.29, 0.717) is 12.1 Å². The Labute approximate surface area is 112 Å². The number of rotatable bonds is 3. The summed E-state index contributed by atoms with van der Waals surface area (Å²) in [5.74, 6) is -1.21. The van der Waals surface area contributed by atoms with E-state index < -0.39 is 37.6 Å². The average Bonchev–Trinajstić information content (AvgIpc) is 2.16. The number of phenols is 1. The molecule has 0 unspecified atom stereocenters. The second-order valence-corrected chi connectivity index (χ2v) is 2.60. The quantitative estimate of drug-likeness (QED) is 0.417. The Morgan fingerprint density at radius 2 is 1.24 bits per heavy atom. The van der Waals surface area contributed by atoms with Gasteiger partial charge in [-0.3, -0.25) is 30.3 Å². The number of non-ortho nitro benzene ring substituents is 1. The number of hydrogen-bond donors (Lipinski definition) is 1. The Hall–Kier alpha value is -1.86. The molecule has 0 spiro atoms. The molecule has 0 bridgehead atoms. The second-order valence-electron chi connectivity index (χ2n) is 2.60. The fourth-order valence-corrected chi connectivity index (χ4v) is 0.974. The molecule has 0 fully saturated rings. The summed E-state index contributed by atoms with van der Waals surface area (Å²) >= 11 is 0. The van der Waals surface area contributed by atoms with E-state index in [1.54, 1.807) is 0 Å².